The van der Waals surface area contributed by atoms with Crippen LogP contribution < -0.4 is 26.6 Å². The van der Waals surface area contributed by atoms with E-state index in [1.165, 1.54) is 12.0 Å². The maximum atomic E-state index is 14.4. The number of esters is 1. The van der Waals surface area contributed by atoms with Crippen LogP contribution in [0.15, 0.2) is 121 Å². The summed E-state index contributed by atoms with van der Waals surface area (Å²) in [7, 11) is 1.19. The topological polar surface area (TPSA) is 211 Å². The zero-order valence-electron chi connectivity index (χ0n) is 35.7. The lowest BCUT2D eigenvalue weighted by atomic mass is 10.0. The Kier molecular flexibility index (Phi) is 16.9. The van der Waals surface area contributed by atoms with Crippen LogP contribution in [-0.4, -0.2) is 103 Å². The summed E-state index contributed by atoms with van der Waals surface area (Å²) in [4.78, 5) is 95.7. The fraction of sp³-hybridized carbons (Fsp3) is 0.340. The molecule has 0 saturated carbocycles. The average molecular weight is 863 g/mol. The zero-order valence-corrected chi connectivity index (χ0v) is 35.7. The smallest absolute Gasteiger partial charge is 0.408 e. The lowest BCUT2D eigenvalue weighted by Gasteiger charge is -2.34. The molecular weight excluding hydrogens is 809 g/mol. The summed E-state index contributed by atoms with van der Waals surface area (Å²) in [5.74, 6) is -4.08. The van der Waals surface area contributed by atoms with Crippen LogP contribution in [0.25, 0.3) is 0 Å². The summed E-state index contributed by atoms with van der Waals surface area (Å²) in [6.07, 6.45) is -1.52. The monoisotopic (exact) mass is 862 g/mol. The van der Waals surface area contributed by atoms with Crippen molar-refractivity contribution >= 4 is 41.6 Å². The highest BCUT2D eigenvalue weighted by atomic mass is 16.6. The Morgan fingerprint density at radius 3 is 1.51 bits per heavy atom. The molecule has 0 radical (unpaired) electrons. The molecule has 1 aliphatic rings. The maximum Gasteiger partial charge on any atom is 0.408 e. The fourth-order valence-corrected chi connectivity index (χ4v) is 7.25. The first-order valence-electron chi connectivity index (χ1n) is 20.6. The second-order valence-corrected chi connectivity index (χ2v) is 15.4. The van der Waals surface area contributed by atoms with Crippen LogP contribution in [0.1, 0.15) is 43.0 Å². The van der Waals surface area contributed by atoms with Crippen LogP contribution in [0.5, 0.6) is 0 Å². The van der Waals surface area contributed by atoms with E-state index >= 15 is 0 Å². The van der Waals surface area contributed by atoms with Crippen molar-refractivity contribution in [2.75, 3.05) is 20.2 Å². The lowest BCUT2D eigenvalue weighted by molar-refractivity contribution is -0.150. The van der Waals surface area contributed by atoms with Crippen molar-refractivity contribution in [3.8, 4) is 0 Å². The Labute approximate surface area is 366 Å². The summed E-state index contributed by atoms with van der Waals surface area (Å²) in [6, 6.07) is 31.1. The highest BCUT2D eigenvalue weighted by Crippen LogP contribution is 2.32. The van der Waals surface area contributed by atoms with Crippen molar-refractivity contribution in [3.05, 3.63) is 144 Å². The fourth-order valence-electron chi connectivity index (χ4n) is 7.25. The minimum absolute atomic E-state index is 0.0131. The van der Waals surface area contributed by atoms with Crippen LogP contribution in [0.4, 0.5) is 4.79 Å². The van der Waals surface area contributed by atoms with E-state index in [-0.39, 0.29) is 25.9 Å². The number of alkyl carbamates (subject to hydrolysis) is 1. The minimum atomic E-state index is -1.33. The summed E-state index contributed by atoms with van der Waals surface area (Å²) in [5, 5.41) is 13.3. The van der Waals surface area contributed by atoms with Crippen molar-refractivity contribution in [1.82, 2.24) is 31.5 Å². The first kappa shape index (κ1) is 47.0. The highest BCUT2D eigenvalue weighted by molar-refractivity contribution is 5.96. The van der Waals surface area contributed by atoms with Gasteiger partial charge in [-0.3, -0.25) is 33.7 Å². The van der Waals surface area contributed by atoms with E-state index in [2.05, 4.69) is 31.3 Å². The summed E-state index contributed by atoms with van der Waals surface area (Å²) < 4.78 is 16.1. The molecule has 0 bridgehead atoms. The van der Waals surface area contributed by atoms with E-state index in [0.717, 1.165) is 16.7 Å². The van der Waals surface area contributed by atoms with Gasteiger partial charge in [0, 0.05) is 19.3 Å². The molecule has 4 aromatic rings. The largest absolute Gasteiger partial charge is 0.468 e. The molecule has 5 N–H and O–H groups in total. The van der Waals surface area contributed by atoms with Gasteiger partial charge in [0.25, 0.3) is 0 Å². The normalized spacial score (nSPS) is 16.6. The van der Waals surface area contributed by atoms with Crippen molar-refractivity contribution in [2.24, 2.45) is 0 Å². The molecule has 1 heterocycles. The Balaban J connectivity index is 1.31. The van der Waals surface area contributed by atoms with E-state index in [1.807, 2.05) is 30.3 Å². The molecule has 6 amide bonds. The molecule has 332 valence electrons. The third-order valence-electron chi connectivity index (χ3n) is 10.3. The molecule has 16 nitrogen and oxygen atoms in total. The van der Waals surface area contributed by atoms with Crippen molar-refractivity contribution in [1.29, 1.82) is 0 Å². The van der Waals surface area contributed by atoms with E-state index in [4.69, 9.17) is 9.47 Å². The lowest BCUT2D eigenvalue weighted by Crippen LogP contribution is -2.61. The Bertz CT molecular complexity index is 2180. The minimum Gasteiger partial charge on any atom is -0.468 e. The molecule has 16 heteroatoms. The van der Waals surface area contributed by atoms with Crippen molar-refractivity contribution < 1.29 is 47.8 Å². The standard InChI is InChI=1S/C47H54N6O10/c1-31-41(45(59)51-38(27-34-21-13-7-14-22-34)44(58)50-36(25-32-17-9-5-10-18-32)42(56)49-29-40(55)61-4)53(47(2,3)63-31)39(54)28-48-43(57)37(26-33-19-11-6-12-20-33)52-46(60)62-30-35-23-15-8-16-24-35/h5-24,31,36-38,41H,25-30H2,1-4H3,(H,48,57)(H,49,56)(H,50,58)(H,51,59)(H,52,60)/t31-,36+,37+,38+,41+/m1/s1. The molecule has 1 fully saturated rings. The SMILES string of the molecule is COC(=O)CNC(=O)[C@H](Cc1ccccc1)NC(=O)[C@H](Cc1ccccc1)NC(=O)[C@@H]1[C@@H](C)OC(C)(C)N1C(=O)CNC(=O)[C@H](Cc1ccccc1)NC(=O)OCc1ccccc1. The Hall–Kier alpha value is -7.07. The molecular formula is C47H54N6O10. The average Bonchev–Trinajstić information content (AvgIpc) is 3.54. The van der Waals surface area contributed by atoms with Crippen LogP contribution in [0.3, 0.4) is 0 Å². The molecule has 1 saturated heterocycles. The van der Waals surface area contributed by atoms with Gasteiger partial charge in [-0.15, -0.1) is 0 Å². The van der Waals surface area contributed by atoms with Crippen LogP contribution in [0.2, 0.25) is 0 Å². The van der Waals surface area contributed by atoms with Gasteiger partial charge in [0.05, 0.1) is 19.8 Å². The number of nitrogens with zero attached hydrogens (tertiary/aromatic N) is 1. The Morgan fingerprint density at radius 1 is 0.603 bits per heavy atom. The number of carbonyl (C=O) groups excluding carboxylic acids is 7. The quantitative estimate of drug-likeness (QED) is 0.0871. The molecule has 0 unspecified atom stereocenters. The van der Waals surface area contributed by atoms with Gasteiger partial charge in [-0.2, -0.15) is 0 Å². The zero-order chi connectivity index (χ0) is 45.4. The summed E-state index contributed by atoms with van der Waals surface area (Å²) in [5.41, 5.74) is 1.59. The van der Waals surface area contributed by atoms with Crippen LogP contribution in [-0.2, 0) is 68.8 Å². The second-order valence-electron chi connectivity index (χ2n) is 15.4. The number of hydrogen-bond acceptors (Lipinski definition) is 10. The number of carbonyl (C=O) groups is 7. The molecule has 63 heavy (non-hydrogen) atoms. The number of methoxy groups -OCH3 is 1. The second kappa shape index (κ2) is 22.7. The number of nitrogens with one attached hydrogen (secondary N) is 5. The van der Waals surface area contributed by atoms with Gasteiger partial charge in [-0.1, -0.05) is 121 Å². The molecule has 5 atom stereocenters. The Morgan fingerprint density at radius 2 is 1.03 bits per heavy atom. The molecule has 0 aliphatic carbocycles. The number of benzene rings is 4. The highest BCUT2D eigenvalue weighted by Gasteiger charge is 2.51. The van der Waals surface area contributed by atoms with Crippen LogP contribution >= 0.6 is 0 Å². The van der Waals surface area contributed by atoms with E-state index in [1.54, 1.807) is 112 Å². The molecule has 4 aromatic carbocycles. The number of rotatable bonds is 19. The molecule has 1 aliphatic heterocycles. The van der Waals surface area contributed by atoms with Crippen molar-refractivity contribution in [2.45, 2.75) is 82.6 Å². The first-order valence-corrected chi connectivity index (χ1v) is 20.6. The number of ether oxygens (including phenoxy) is 3. The number of amides is 6. The van der Waals surface area contributed by atoms with Gasteiger partial charge in [-0.05, 0) is 43.0 Å². The molecule has 0 spiro atoms. The van der Waals surface area contributed by atoms with Crippen molar-refractivity contribution in [3.63, 3.8) is 0 Å². The van der Waals surface area contributed by atoms with Gasteiger partial charge >= 0.3 is 12.1 Å². The third-order valence-corrected chi connectivity index (χ3v) is 10.3. The van der Waals surface area contributed by atoms with Gasteiger partial charge in [0.2, 0.25) is 29.5 Å². The van der Waals surface area contributed by atoms with Gasteiger partial charge in [-0.25, -0.2) is 4.79 Å². The summed E-state index contributed by atoms with van der Waals surface area (Å²) >= 11 is 0. The third kappa shape index (κ3) is 14.0. The van der Waals surface area contributed by atoms with Gasteiger partial charge < -0.3 is 40.8 Å². The van der Waals surface area contributed by atoms with E-state index in [0.29, 0.717) is 5.56 Å². The van der Waals surface area contributed by atoms with Gasteiger partial charge in [0.1, 0.15) is 43.0 Å². The van der Waals surface area contributed by atoms with E-state index < -0.39 is 90.7 Å². The predicted octanol–water partition coefficient (Wildman–Crippen LogP) is 2.74. The summed E-state index contributed by atoms with van der Waals surface area (Å²) in [6.45, 7) is 3.82. The van der Waals surface area contributed by atoms with E-state index in [9.17, 15) is 33.6 Å². The molecule has 5 rings (SSSR count). The predicted molar refractivity (Wildman–Crippen MR) is 231 cm³/mol. The number of hydrogen-bond donors (Lipinski definition) is 5. The molecule has 0 aromatic heterocycles. The van der Waals surface area contributed by atoms with Crippen LogP contribution in [0, 0.1) is 0 Å². The maximum absolute atomic E-state index is 14.4. The first-order chi connectivity index (χ1) is 30.2. The van der Waals surface area contributed by atoms with Gasteiger partial charge in [0.15, 0.2) is 0 Å².